The molecule has 1 aliphatic rings. The summed E-state index contributed by atoms with van der Waals surface area (Å²) in [5, 5.41) is 3.57. The molecule has 15 heavy (non-hydrogen) atoms. The van der Waals surface area contributed by atoms with E-state index in [2.05, 4.69) is 39.9 Å². The molecule has 0 aliphatic heterocycles. The molecular weight excluding hydrogens is 182 g/mol. The standard InChI is InChI=1S/C14H29N/c1-6-15-11(2)12-7-9-13(10-8-12)14(3,4)5/h11-13,15H,6-10H2,1-5H3. The second-order valence-corrected chi connectivity index (χ2v) is 6.32. The van der Waals surface area contributed by atoms with Gasteiger partial charge < -0.3 is 5.32 Å². The van der Waals surface area contributed by atoms with Crippen LogP contribution < -0.4 is 5.32 Å². The third-order valence-electron chi connectivity index (χ3n) is 4.23. The van der Waals surface area contributed by atoms with Crippen LogP contribution in [0.3, 0.4) is 0 Å². The van der Waals surface area contributed by atoms with Crippen molar-refractivity contribution >= 4 is 0 Å². The average Bonchev–Trinajstić information content (AvgIpc) is 2.17. The van der Waals surface area contributed by atoms with E-state index < -0.39 is 0 Å². The van der Waals surface area contributed by atoms with Crippen molar-refractivity contribution in [2.75, 3.05) is 6.54 Å². The molecule has 0 amide bonds. The summed E-state index contributed by atoms with van der Waals surface area (Å²) in [6.45, 7) is 12.9. The predicted molar refractivity (Wildman–Crippen MR) is 68.0 cm³/mol. The van der Waals surface area contributed by atoms with Crippen molar-refractivity contribution in [3.63, 3.8) is 0 Å². The Morgan fingerprint density at radius 3 is 2.07 bits per heavy atom. The molecule has 1 atom stereocenters. The molecule has 1 N–H and O–H groups in total. The first kappa shape index (κ1) is 13.0. The molecule has 0 heterocycles. The van der Waals surface area contributed by atoms with Gasteiger partial charge in [-0.2, -0.15) is 0 Å². The maximum absolute atomic E-state index is 3.57. The lowest BCUT2D eigenvalue weighted by atomic mass is 9.69. The molecule has 0 bridgehead atoms. The highest BCUT2D eigenvalue weighted by Crippen LogP contribution is 2.40. The molecule has 1 unspecified atom stereocenters. The van der Waals surface area contributed by atoms with E-state index in [1.807, 2.05) is 0 Å². The summed E-state index contributed by atoms with van der Waals surface area (Å²) in [5.74, 6) is 1.87. The van der Waals surface area contributed by atoms with Gasteiger partial charge >= 0.3 is 0 Å². The van der Waals surface area contributed by atoms with Crippen molar-refractivity contribution < 1.29 is 0 Å². The SMILES string of the molecule is CCNC(C)C1CCC(C(C)(C)C)CC1. The second-order valence-electron chi connectivity index (χ2n) is 6.32. The van der Waals surface area contributed by atoms with Crippen LogP contribution in [0.25, 0.3) is 0 Å². The largest absolute Gasteiger partial charge is 0.314 e. The highest BCUT2D eigenvalue weighted by atomic mass is 14.9. The van der Waals surface area contributed by atoms with E-state index in [1.54, 1.807) is 0 Å². The Kier molecular flexibility index (Phi) is 4.64. The summed E-state index contributed by atoms with van der Waals surface area (Å²) >= 11 is 0. The molecular formula is C14H29N. The number of hydrogen-bond donors (Lipinski definition) is 1. The Hall–Kier alpha value is -0.0400. The van der Waals surface area contributed by atoms with E-state index in [0.29, 0.717) is 5.41 Å². The zero-order valence-corrected chi connectivity index (χ0v) is 11.3. The van der Waals surface area contributed by atoms with Gasteiger partial charge in [0.15, 0.2) is 0 Å². The summed E-state index contributed by atoms with van der Waals surface area (Å²) in [5.41, 5.74) is 0.520. The fourth-order valence-corrected chi connectivity index (χ4v) is 2.97. The van der Waals surface area contributed by atoms with Gasteiger partial charge in [0.2, 0.25) is 0 Å². The van der Waals surface area contributed by atoms with Crippen LogP contribution in [0.2, 0.25) is 0 Å². The fraction of sp³-hybridized carbons (Fsp3) is 1.00. The zero-order chi connectivity index (χ0) is 11.5. The average molecular weight is 211 g/mol. The smallest absolute Gasteiger partial charge is 0.00668 e. The summed E-state index contributed by atoms with van der Waals surface area (Å²) in [6.07, 6.45) is 5.72. The van der Waals surface area contributed by atoms with Crippen LogP contribution >= 0.6 is 0 Å². The zero-order valence-electron chi connectivity index (χ0n) is 11.3. The van der Waals surface area contributed by atoms with E-state index in [9.17, 15) is 0 Å². The van der Waals surface area contributed by atoms with Crippen LogP contribution in [0.4, 0.5) is 0 Å². The first-order valence-corrected chi connectivity index (χ1v) is 6.68. The molecule has 0 spiro atoms. The summed E-state index contributed by atoms with van der Waals surface area (Å²) in [7, 11) is 0. The first-order valence-electron chi connectivity index (χ1n) is 6.68. The number of rotatable bonds is 3. The molecule has 0 aromatic carbocycles. The van der Waals surface area contributed by atoms with Crippen LogP contribution in [-0.4, -0.2) is 12.6 Å². The minimum Gasteiger partial charge on any atom is -0.314 e. The van der Waals surface area contributed by atoms with Crippen LogP contribution in [0.5, 0.6) is 0 Å². The van der Waals surface area contributed by atoms with E-state index in [4.69, 9.17) is 0 Å². The van der Waals surface area contributed by atoms with Gasteiger partial charge in [-0.05, 0) is 56.4 Å². The Bertz CT molecular complexity index is 172. The Balaban J connectivity index is 2.36. The van der Waals surface area contributed by atoms with Gasteiger partial charge in [0.1, 0.15) is 0 Å². The van der Waals surface area contributed by atoms with Gasteiger partial charge in [-0.3, -0.25) is 0 Å². The van der Waals surface area contributed by atoms with Crippen LogP contribution in [0.1, 0.15) is 60.3 Å². The van der Waals surface area contributed by atoms with E-state index in [-0.39, 0.29) is 0 Å². The summed E-state index contributed by atoms with van der Waals surface area (Å²) in [4.78, 5) is 0. The van der Waals surface area contributed by atoms with Gasteiger partial charge in [-0.25, -0.2) is 0 Å². The van der Waals surface area contributed by atoms with E-state index >= 15 is 0 Å². The third-order valence-corrected chi connectivity index (χ3v) is 4.23. The molecule has 0 saturated heterocycles. The third kappa shape index (κ3) is 3.79. The molecule has 1 fully saturated rings. The summed E-state index contributed by atoms with van der Waals surface area (Å²) in [6, 6.07) is 0.718. The molecule has 90 valence electrons. The fourth-order valence-electron chi connectivity index (χ4n) is 2.97. The molecule has 0 aromatic rings. The first-order chi connectivity index (χ1) is 6.95. The molecule has 1 aliphatic carbocycles. The predicted octanol–water partition coefficient (Wildman–Crippen LogP) is 3.84. The summed E-state index contributed by atoms with van der Waals surface area (Å²) < 4.78 is 0. The molecule has 0 aromatic heterocycles. The lowest BCUT2D eigenvalue weighted by Gasteiger charge is -2.39. The normalized spacial score (nSPS) is 30.2. The highest BCUT2D eigenvalue weighted by Gasteiger charge is 2.31. The van der Waals surface area contributed by atoms with E-state index in [1.165, 1.54) is 25.7 Å². The van der Waals surface area contributed by atoms with Crippen molar-refractivity contribution in [2.45, 2.75) is 66.3 Å². The maximum atomic E-state index is 3.57. The van der Waals surface area contributed by atoms with Crippen molar-refractivity contribution in [1.29, 1.82) is 0 Å². The van der Waals surface area contributed by atoms with Crippen LogP contribution in [-0.2, 0) is 0 Å². The quantitative estimate of drug-likeness (QED) is 0.748. The Labute approximate surface area is 96.0 Å². The van der Waals surface area contributed by atoms with Gasteiger partial charge in [0.05, 0.1) is 0 Å². The van der Waals surface area contributed by atoms with Gasteiger partial charge in [0.25, 0.3) is 0 Å². The molecule has 0 radical (unpaired) electrons. The van der Waals surface area contributed by atoms with Crippen molar-refractivity contribution in [2.24, 2.45) is 17.3 Å². The van der Waals surface area contributed by atoms with Gasteiger partial charge in [-0.15, -0.1) is 0 Å². The molecule has 1 nitrogen and oxygen atoms in total. The Morgan fingerprint density at radius 2 is 1.67 bits per heavy atom. The highest BCUT2D eigenvalue weighted by molar-refractivity contribution is 4.83. The van der Waals surface area contributed by atoms with Gasteiger partial charge in [-0.1, -0.05) is 27.7 Å². The van der Waals surface area contributed by atoms with Crippen molar-refractivity contribution in [1.82, 2.24) is 5.32 Å². The molecule has 1 saturated carbocycles. The second kappa shape index (κ2) is 5.34. The van der Waals surface area contributed by atoms with Crippen molar-refractivity contribution in [3.8, 4) is 0 Å². The van der Waals surface area contributed by atoms with Gasteiger partial charge in [0, 0.05) is 6.04 Å². The monoisotopic (exact) mass is 211 g/mol. The lowest BCUT2D eigenvalue weighted by Crippen LogP contribution is -2.37. The lowest BCUT2D eigenvalue weighted by molar-refractivity contribution is 0.136. The molecule has 1 heteroatoms. The molecule has 1 rings (SSSR count). The maximum Gasteiger partial charge on any atom is 0.00668 e. The van der Waals surface area contributed by atoms with Crippen LogP contribution in [0, 0.1) is 17.3 Å². The number of nitrogens with one attached hydrogen (secondary N) is 1. The van der Waals surface area contributed by atoms with Crippen molar-refractivity contribution in [3.05, 3.63) is 0 Å². The minimum atomic E-state index is 0.520. The topological polar surface area (TPSA) is 12.0 Å². The number of hydrogen-bond acceptors (Lipinski definition) is 1. The Morgan fingerprint density at radius 1 is 1.13 bits per heavy atom. The van der Waals surface area contributed by atoms with E-state index in [0.717, 1.165) is 24.4 Å². The van der Waals surface area contributed by atoms with Crippen LogP contribution in [0.15, 0.2) is 0 Å². The minimum absolute atomic E-state index is 0.520.